The summed E-state index contributed by atoms with van der Waals surface area (Å²) in [5.41, 5.74) is 15.0. The minimum atomic E-state index is 0.191. The van der Waals surface area contributed by atoms with Crippen molar-refractivity contribution < 1.29 is 0 Å². The molecule has 0 spiro atoms. The summed E-state index contributed by atoms with van der Waals surface area (Å²) in [6.45, 7) is 0. The number of anilines is 4. The molecule has 2 aliphatic carbocycles. The predicted molar refractivity (Wildman–Crippen MR) is 259 cm³/mol. The third-order valence-corrected chi connectivity index (χ3v) is 14.1. The Kier molecular flexibility index (Phi) is 7.03. The molecule has 62 heavy (non-hydrogen) atoms. The first-order valence-corrected chi connectivity index (χ1v) is 21.9. The molecule has 14 rings (SSSR count). The van der Waals surface area contributed by atoms with Gasteiger partial charge in [0.2, 0.25) is 0 Å². The molecule has 4 aliphatic rings. The summed E-state index contributed by atoms with van der Waals surface area (Å²) >= 11 is 0. The minimum absolute atomic E-state index is 0.191. The first kappa shape index (κ1) is 34.0. The van der Waals surface area contributed by atoms with Gasteiger partial charge in [-0.2, -0.15) is 0 Å². The molecule has 2 aromatic heterocycles. The zero-order valence-corrected chi connectivity index (χ0v) is 33.9. The lowest BCUT2D eigenvalue weighted by Gasteiger charge is -2.29. The quantitative estimate of drug-likeness (QED) is 0.176. The normalized spacial score (nSPS) is 19.6. The zero-order chi connectivity index (χ0) is 40.5. The summed E-state index contributed by atoms with van der Waals surface area (Å²) in [6.07, 6.45) is 18.4. The van der Waals surface area contributed by atoms with Crippen LogP contribution in [0, 0.1) is 0 Å². The summed E-state index contributed by atoms with van der Waals surface area (Å²) in [7, 11) is 0. The van der Waals surface area contributed by atoms with Gasteiger partial charge in [0.1, 0.15) is 0 Å². The average molecular weight is 793 g/mol. The van der Waals surface area contributed by atoms with Crippen LogP contribution >= 0.6 is 0 Å². The fourth-order valence-electron chi connectivity index (χ4n) is 11.7. The number of allylic oxidation sites excluding steroid dienone is 4. The van der Waals surface area contributed by atoms with Crippen molar-refractivity contribution in [3.63, 3.8) is 0 Å². The molecule has 0 saturated heterocycles. The molecule has 0 radical (unpaired) electrons. The largest absolute Gasteiger partial charge is 0.332 e. The molecule has 4 nitrogen and oxygen atoms in total. The monoisotopic (exact) mass is 792 g/mol. The highest BCUT2D eigenvalue weighted by atomic mass is 15.2. The van der Waals surface area contributed by atoms with E-state index in [1.54, 1.807) is 0 Å². The summed E-state index contributed by atoms with van der Waals surface area (Å²) in [6, 6.07) is 63.6. The van der Waals surface area contributed by atoms with Gasteiger partial charge in [0, 0.05) is 55.5 Å². The van der Waals surface area contributed by atoms with Crippen LogP contribution in [0.5, 0.6) is 0 Å². The van der Waals surface area contributed by atoms with Crippen molar-refractivity contribution in [2.45, 2.75) is 23.9 Å². The third kappa shape index (κ3) is 4.51. The summed E-state index contributed by atoms with van der Waals surface area (Å²) in [4.78, 5) is 5.18. The van der Waals surface area contributed by atoms with Crippen molar-refractivity contribution in [2.24, 2.45) is 0 Å². The Labute approximate surface area is 359 Å². The van der Waals surface area contributed by atoms with Crippen molar-refractivity contribution in [2.75, 3.05) is 9.80 Å². The SMILES string of the molecule is C1=CC2c3ccc4c5ccccc5n(-c5cccc6c(-n7c8ccccc8c8ccc9c(c87)N(c7ccccc7)C7C=CC=CC97)cccc56)c4c3N(c3ccccc3)C2C=C1. The second-order valence-electron chi connectivity index (χ2n) is 17.1. The molecule has 0 amide bonds. The van der Waals surface area contributed by atoms with Crippen LogP contribution in [-0.4, -0.2) is 21.2 Å². The van der Waals surface area contributed by atoms with Crippen LogP contribution in [0.3, 0.4) is 0 Å². The number of para-hydroxylation sites is 4. The van der Waals surface area contributed by atoms with Crippen LogP contribution in [0.15, 0.2) is 218 Å². The molecule has 4 heterocycles. The van der Waals surface area contributed by atoms with Crippen LogP contribution in [0.4, 0.5) is 22.7 Å². The Morgan fingerprint density at radius 1 is 0.306 bits per heavy atom. The van der Waals surface area contributed by atoms with Gasteiger partial charge in [-0.25, -0.2) is 0 Å². The molecule has 2 aliphatic heterocycles. The Morgan fingerprint density at radius 2 is 0.710 bits per heavy atom. The molecular weight excluding hydrogens is 753 g/mol. The van der Waals surface area contributed by atoms with E-state index in [9.17, 15) is 0 Å². The highest BCUT2D eigenvalue weighted by Gasteiger charge is 2.41. The molecule has 4 heteroatoms. The van der Waals surface area contributed by atoms with Gasteiger partial charge in [0.25, 0.3) is 0 Å². The number of fused-ring (bicyclic) bond motifs is 15. The predicted octanol–water partition coefficient (Wildman–Crippen LogP) is 14.5. The van der Waals surface area contributed by atoms with E-state index < -0.39 is 0 Å². The van der Waals surface area contributed by atoms with Crippen molar-refractivity contribution in [1.29, 1.82) is 0 Å². The maximum atomic E-state index is 2.59. The Hall–Kier alpha value is -7.82. The van der Waals surface area contributed by atoms with Gasteiger partial charge in [-0.05, 0) is 59.7 Å². The molecule has 0 fully saturated rings. The van der Waals surface area contributed by atoms with Gasteiger partial charge in [0.15, 0.2) is 0 Å². The number of benzene rings is 8. The van der Waals surface area contributed by atoms with Crippen LogP contribution in [0.2, 0.25) is 0 Å². The summed E-state index contributed by atoms with van der Waals surface area (Å²) in [5.74, 6) is 0.514. The van der Waals surface area contributed by atoms with E-state index in [2.05, 4.69) is 237 Å². The third-order valence-electron chi connectivity index (χ3n) is 14.1. The van der Waals surface area contributed by atoms with E-state index in [0.29, 0.717) is 0 Å². The van der Waals surface area contributed by atoms with Gasteiger partial charge < -0.3 is 18.9 Å². The molecule has 8 aromatic carbocycles. The molecule has 4 unspecified atom stereocenters. The molecule has 292 valence electrons. The van der Waals surface area contributed by atoms with Gasteiger partial charge in [-0.1, -0.05) is 170 Å². The van der Waals surface area contributed by atoms with E-state index in [1.807, 2.05) is 0 Å². The van der Waals surface area contributed by atoms with Gasteiger partial charge in [0.05, 0.1) is 56.9 Å². The standard InChI is InChI=1S/C58H40N4/c1-3-17-37(18-4-1)59-49-27-11-7-21-41(49)45-33-35-47-43-23-9-13-29-51(43)61(57(47)55(45)59)53-31-15-26-40-39(53)25-16-32-54(40)62-52-30-14-10-24-44(52)48-36-34-46-42-22-8-12-28-50(42)60(56(46)58(48)62)38-19-5-2-6-20-38/h1-36,41-42,49-50H. The number of hydrogen-bond donors (Lipinski definition) is 0. The number of rotatable bonds is 4. The van der Waals surface area contributed by atoms with Crippen LogP contribution < -0.4 is 9.80 Å². The van der Waals surface area contributed by atoms with Crippen molar-refractivity contribution >= 4 is 77.1 Å². The number of hydrogen-bond acceptors (Lipinski definition) is 2. The number of nitrogens with zero attached hydrogens (tertiary/aromatic N) is 4. The maximum Gasteiger partial charge on any atom is 0.0782 e. The molecule has 4 atom stereocenters. The fraction of sp³-hybridized carbons (Fsp3) is 0.0690. The van der Waals surface area contributed by atoms with Gasteiger partial charge >= 0.3 is 0 Å². The second-order valence-corrected chi connectivity index (χ2v) is 17.1. The van der Waals surface area contributed by atoms with E-state index in [-0.39, 0.29) is 23.9 Å². The van der Waals surface area contributed by atoms with Crippen LogP contribution in [-0.2, 0) is 0 Å². The summed E-state index contributed by atoms with van der Waals surface area (Å²) in [5, 5.41) is 7.48. The smallest absolute Gasteiger partial charge is 0.0782 e. The Bertz CT molecular complexity index is 3380. The molecular formula is C58H40N4. The van der Waals surface area contributed by atoms with E-state index in [4.69, 9.17) is 0 Å². The van der Waals surface area contributed by atoms with E-state index >= 15 is 0 Å². The lowest BCUT2D eigenvalue weighted by Crippen LogP contribution is -2.28. The lowest BCUT2D eigenvalue weighted by atomic mass is 9.91. The second kappa shape index (κ2) is 12.8. The van der Waals surface area contributed by atoms with Crippen LogP contribution in [0.25, 0.3) is 65.8 Å². The Morgan fingerprint density at radius 3 is 1.18 bits per heavy atom. The molecule has 10 aromatic rings. The molecule has 0 N–H and O–H groups in total. The van der Waals surface area contributed by atoms with Gasteiger partial charge in [-0.3, -0.25) is 0 Å². The Balaban J connectivity index is 1.07. The minimum Gasteiger partial charge on any atom is -0.332 e. The number of aromatic nitrogens is 2. The zero-order valence-electron chi connectivity index (χ0n) is 33.9. The highest BCUT2D eigenvalue weighted by molar-refractivity contribution is 6.18. The first-order chi connectivity index (χ1) is 30.8. The van der Waals surface area contributed by atoms with Crippen molar-refractivity contribution in [3.05, 3.63) is 230 Å². The molecule has 0 saturated carbocycles. The first-order valence-electron chi connectivity index (χ1n) is 21.9. The van der Waals surface area contributed by atoms with Crippen LogP contribution in [0.1, 0.15) is 23.0 Å². The molecule has 0 bridgehead atoms. The van der Waals surface area contributed by atoms with Crippen molar-refractivity contribution in [3.8, 4) is 11.4 Å². The fourth-order valence-corrected chi connectivity index (χ4v) is 11.7. The van der Waals surface area contributed by atoms with E-state index in [0.717, 1.165) is 0 Å². The van der Waals surface area contributed by atoms with Gasteiger partial charge in [-0.15, -0.1) is 0 Å². The average Bonchev–Trinajstić information content (AvgIpc) is 4.07. The topological polar surface area (TPSA) is 16.3 Å². The van der Waals surface area contributed by atoms with Crippen molar-refractivity contribution in [1.82, 2.24) is 9.13 Å². The maximum absolute atomic E-state index is 2.59. The summed E-state index contributed by atoms with van der Waals surface area (Å²) < 4.78 is 5.14. The lowest BCUT2D eigenvalue weighted by molar-refractivity contribution is 0.745. The van der Waals surface area contributed by atoms with E-state index in [1.165, 1.54) is 99.6 Å². The highest BCUT2D eigenvalue weighted by Crippen LogP contribution is 2.55.